The van der Waals surface area contributed by atoms with E-state index < -0.39 is 23.4 Å². The number of ether oxygens (including phenoxy) is 1. The van der Waals surface area contributed by atoms with Gasteiger partial charge in [-0.2, -0.15) is 10.5 Å². The van der Waals surface area contributed by atoms with Crippen LogP contribution in [0.1, 0.15) is 39.0 Å². The van der Waals surface area contributed by atoms with Gasteiger partial charge in [-0.1, -0.05) is 66.7 Å². The third-order valence-electron chi connectivity index (χ3n) is 6.75. The van der Waals surface area contributed by atoms with Crippen LogP contribution in [0.4, 0.5) is 0 Å². The van der Waals surface area contributed by atoms with Gasteiger partial charge >= 0.3 is 0 Å². The molecular weight excluding hydrogens is 410 g/mol. The molecule has 5 heteroatoms. The second-order valence-corrected chi connectivity index (χ2v) is 8.31. The Balaban J connectivity index is 1.76. The highest BCUT2D eigenvalue weighted by molar-refractivity contribution is 6.01. The summed E-state index contributed by atoms with van der Waals surface area (Å²) in [5.74, 6) is -0.102. The molecule has 0 amide bonds. The number of ketones is 1. The lowest BCUT2D eigenvalue weighted by molar-refractivity contribution is 0.0874. The normalized spacial score (nSPS) is 21.9. The molecule has 3 aromatic rings. The van der Waals surface area contributed by atoms with Crippen molar-refractivity contribution in [3.8, 4) is 17.9 Å². The summed E-state index contributed by atoms with van der Waals surface area (Å²) in [5.41, 5.74) is 1.68. The minimum absolute atomic E-state index is 0.113. The van der Waals surface area contributed by atoms with Crippen molar-refractivity contribution >= 4 is 11.9 Å². The van der Waals surface area contributed by atoms with E-state index >= 15 is 0 Å². The Morgan fingerprint density at radius 2 is 1.61 bits per heavy atom. The van der Waals surface area contributed by atoms with Crippen molar-refractivity contribution in [2.75, 3.05) is 7.11 Å². The van der Waals surface area contributed by atoms with Crippen molar-refractivity contribution in [1.82, 2.24) is 4.90 Å². The number of hydrogen-bond donors (Lipinski definition) is 0. The number of carbonyl (C=O) groups is 1. The first-order valence-corrected chi connectivity index (χ1v) is 10.7. The van der Waals surface area contributed by atoms with Crippen LogP contribution in [-0.4, -0.2) is 23.8 Å². The quantitative estimate of drug-likeness (QED) is 0.537. The standard InChI is InChI=1S/C28H21N3O2/c1-33-22-13-11-20(12-14-22)24-25(26(32)21-8-3-2-4-9-21)31-16-15-19-7-5-6-10-23(19)27(31)28(24,17-29)18-30/h2-16,24-25,27H,1H3/t24-,25+,27-/m0/s1. The van der Waals surface area contributed by atoms with E-state index in [1.807, 2.05) is 71.8 Å². The van der Waals surface area contributed by atoms with Gasteiger partial charge in [0.25, 0.3) is 0 Å². The number of carbonyl (C=O) groups excluding carboxylic acids is 1. The van der Waals surface area contributed by atoms with Crippen LogP contribution in [0.25, 0.3) is 6.08 Å². The molecule has 2 heterocycles. The Morgan fingerprint density at radius 3 is 2.27 bits per heavy atom. The van der Waals surface area contributed by atoms with E-state index in [4.69, 9.17) is 4.74 Å². The molecule has 1 saturated heterocycles. The van der Waals surface area contributed by atoms with Crippen molar-refractivity contribution in [3.05, 3.63) is 107 Å². The van der Waals surface area contributed by atoms with E-state index in [2.05, 4.69) is 12.1 Å². The predicted molar refractivity (Wildman–Crippen MR) is 124 cm³/mol. The summed E-state index contributed by atoms with van der Waals surface area (Å²) in [7, 11) is 1.59. The summed E-state index contributed by atoms with van der Waals surface area (Å²) in [6, 6.07) is 27.6. The molecule has 33 heavy (non-hydrogen) atoms. The fraction of sp³-hybridized carbons (Fsp3) is 0.179. The van der Waals surface area contributed by atoms with E-state index in [0.717, 1.165) is 16.7 Å². The Hall–Kier alpha value is -4.35. The molecule has 0 aliphatic carbocycles. The van der Waals surface area contributed by atoms with Gasteiger partial charge in [-0.15, -0.1) is 0 Å². The minimum atomic E-state index is -1.47. The minimum Gasteiger partial charge on any atom is -0.497 e. The zero-order valence-corrected chi connectivity index (χ0v) is 18.1. The second kappa shape index (κ2) is 7.97. The van der Waals surface area contributed by atoms with Crippen LogP contribution in [0.15, 0.2) is 85.1 Å². The predicted octanol–water partition coefficient (Wildman–Crippen LogP) is 5.11. The second-order valence-electron chi connectivity index (χ2n) is 8.31. The number of benzene rings is 3. The maximum absolute atomic E-state index is 13.9. The summed E-state index contributed by atoms with van der Waals surface area (Å²) < 4.78 is 5.30. The maximum Gasteiger partial charge on any atom is 0.185 e. The third-order valence-corrected chi connectivity index (χ3v) is 6.75. The molecule has 0 bridgehead atoms. The van der Waals surface area contributed by atoms with Crippen LogP contribution >= 0.6 is 0 Å². The average molecular weight is 431 g/mol. The summed E-state index contributed by atoms with van der Waals surface area (Å²) in [6.07, 6.45) is 3.82. The zero-order valence-electron chi connectivity index (χ0n) is 18.1. The molecule has 0 N–H and O–H groups in total. The number of Topliss-reactive ketones (excluding diaryl/α,β-unsaturated/α-hetero) is 1. The van der Waals surface area contributed by atoms with Crippen molar-refractivity contribution in [2.45, 2.75) is 18.0 Å². The molecule has 3 atom stereocenters. The average Bonchev–Trinajstić information content (AvgIpc) is 3.20. The van der Waals surface area contributed by atoms with Crippen LogP contribution in [0.3, 0.4) is 0 Å². The van der Waals surface area contributed by atoms with Crippen LogP contribution in [0.2, 0.25) is 0 Å². The molecule has 160 valence electrons. The highest BCUT2D eigenvalue weighted by Gasteiger charge is 2.63. The van der Waals surface area contributed by atoms with Gasteiger partial charge in [-0.05, 0) is 34.9 Å². The molecule has 0 saturated carbocycles. The van der Waals surface area contributed by atoms with E-state index in [0.29, 0.717) is 11.3 Å². The molecule has 0 spiro atoms. The summed E-state index contributed by atoms with van der Waals surface area (Å²) >= 11 is 0. The fourth-order valence-corrected chi connectivity index (χ4v) is 5.25. The smallest absolute Gasteiger partial charge is 0.185 e. The third kappa shape index (κ3) is 3.02. The SMILES string of the molecule is COc1ccc([C@H]2[C@H](C(=O)c3ccccc3)N3C=Cc4ccccc4[C@H]3C2(C#N)C#N)cc1. The van der Waals surface area contributed by atoms with Gasteiger partial charge in [0, 0.05) is 17.7 Å². The van der Waals surface area contributed by atoms with Crippen molar-refractivity contribution < 1.29 is 9.53 Å². The van der Waals surface area contributed by atoms with E-state index in [1.165, 1.54) is 0 Å². The zero-order chi connectivity index (χ0) is 23.0. The number of hydrogen-bond acceptors (Lipinski definition) is 5. The molecule has 0 radical (unpaired) electrons. The lowest BCUT2D eigenvalue weighted by Crippen LogP contribution is -2.37. The van der Waals surface area contributed by atoms with Crippen LogP contribution in [-0.2, 0) is 0 Å². The highest BCUT2D eigenvalue weighted by Crippen LogP contribution is 2.60. The van der Waals surface area contributed by atoms with Gasteiger partial charge in [0.1, 0.15) is 11.8 Å². The molecular formula is C28H21N3O2. The van der Waals surface area contributed by atoms with Crippen LogP contribution in [0.5, 0.6) is 5.75 Å². The molecule has 0 unspecified atom stereocenters. The number of methoxy groups -OCH3 is 1. The first-order valence-electron chi connectivity index (χ1n) is 10.7. The summed E-state index contributed by atoms with van der Waals surface area (Å²) in [5, 5.41) is 21.0. The monoisotopic (exact) mass is 431 g/mol. The molecule has 2 aliphatic rings. The molecule has 5 nitrogen and oxygen atoms in total. The van der Waals surface area contributed by atoms with E-state index in [-0.39, 0.29) is 5.78 Å². The lowest BCUT2D eigenvalue weighted by atomic mass is 9.67. The molecule has 2 aliphatic heterocycles. The van der Waals surface area contributed by atoms with Gasteiger partial charge in [0.05, 0.1) is 25.3 Å². The molecule has 0 aromatic heterocycles. The fourth-order valence-electron chi connectivity index (χ4n) is 5.25. The van der Waals surface area contributed by atoms with E-state index in [9.17, 15) is 15.3 Å². The van der Waals surface area contributed by atoms with Gasteiger partial charge in [-0.3, -0.25) is 4.79 Å². The Morgan fingerprint density at radius 1 is 0.939 bits per heavy atom. The number of rotatable bonds is 4. The Labute approximate surface area is 192 Å². The summed E-state index contributed by atoms with van der Waals surface area (Å²) in [6.45, 7) is 0. The topological polar surface area (TPSA) is 77.1 Å². The van der Waals surface area contributed by atoms with E-state index in [1.54, 1.807) is 31.4 Å². The van der Waals surface area contributed by atoms with Crippen molar-refractivity contribution in [3.63, 3.8) is 0 Å². The summed E-state index contributed by atoms with van der Waals surface area (Å²) in [4.78, 5) is 15.8. The Bertz CT molecular complexity index is 1300. The van der Waals surface area contributed by atoms with Gasteiger partial charge < -0.3 is 9.64 Å². The first-order chi connectivity index (χ1) is 16.1. The molecule has 5 rings (SSSR count). The molecule has 3 aromatic carbocycles. The largest absolute Gasteiger partial charge is 0.497 e. The first kappa shape index (κ1) is 20.5. The number of fused-ring (bicyclic) bond motifs is 3. The van der Waals surface area contributed by atoms with Gasteiger partial charge in [0.15, 0.2) is 11.2 Å². The number of nitriles is 2. The lowest BCUT2D eigenvalue weighted by Gasteiger charge is -2.34. The Kier molecular flexibility index (Phi) is 4.96. The van der Waals surface area contributed by atoms with Crippen molar-refractivity contribution in [1.29, 1.82) is 10.5 Å². The van der Waals surface area contributed by atoms with Gasteiger partial charge in [-0.25, -0.2) is 0 Å². The maximum atomic E-state index is 13.9. The highest BCUT2D eigenvalue weighted by atomic mass is 16.5. The van der Waals surface area contributed by atoms with Crippen molar-refractivity contribution in [2.24, 2.45) is 5.41 Å². The van der Waals surface area contributed by atoms with Gasteiger partial charge in [0.2, 0.25) is 0 Å². The van der Waals surface area contributed by atoms with Crippen LogP contribution in [0, 0.1) is 28.1 Å². The number of nitrogens with zero attached hydrogens (tertiary/aromatic N) is 3. The van der Waals surface area contributed by atoms with Crippen LogP contribution < -0.4 is 4.74 Å². The molecule has 1 fully saturated rings.